The summed E-state index contributed by atoms with van der Waals surface area (Å²) in [4.78, 5) is 2.31. The van der Waals surface area contributed by atoms with Crippen LogP contribution in [0.2, 0.25) is 0 Å². The lowest BCUT2D eigenvalue weighted by Crippen LogP contribution is -2.43. The van der Waals surface area contributed by atoms with Crippen molar-refractivity contribution in [1.29, 1.82) is 5.26 Å². The molecule has 32 heavy (non-hydrogen) atoms. The van der Waals surface area contributed by atoms with E-state index >= 15 is 0 Å². The van der Waals surface area contributed by atoms with Crippen LogP contribution in [0.5, 0.6) is 23.0 Å². The zero-order valence-electron chi connectivity index (χ0n) is 19.2. The highest BCUT2D eigenvalue weighted by atomic mass is 16.5. The standard InChI is InChI=1S/C26H30N2O4/c1-29-22-10-8-17(13-24(22)31-3)20-15-19-7-5-6-12-28(19)21(16-27)26(20)18-9-11-23(30-2)25(14-18)32-4/h8-11,13-14,19-20H,5-7,12,15H2,1-4H3. The average molecular weight is 435 g/mol. The van der Waals surface area contributed by atoms with Crippen molar-refractivity contribution in [2.75, 3.05) is 35.0 Å². The molecule has 6 heteroatoms. The van der Waals surface area contributed by atoms with Crippen LogP contribution in [0.15, 0.2) is 42.1 Å². The van der Waals surface area contributed by atoms with Gasteiger partial charge < -0.3 is 23.8 Å². The number of rotatable bonds is 6. The van der Waals surface area contributed by atoms with Gasteiger partial charge in [-0.3, -0.25) is 0 Å². The Labute approximate surface area is 190 Å². The summed E-state index contributed by atoms with van der Waals surface area (Å²) in [6.45, 7) is 0.920. The number of fused-ring (bicyclic) bond motifs is 1. The number of nitrogens with zero attached hydrogens (tertiary/aromatic N) is 2. The van der Waals surface area contributed by atoms with Crippen LogP contribution in [0.4, 0.5) is 0 Å². The van der Waals surface area contributed by atoms with Gasteiger partial charge in [0.05, 0.1) is 28.4 Å². The van der Waals surface area contributed by atoms with Gasteiger partial charge in [0.2, 0.25) is 0 Å². The molecule has 1 saturated heterocycles. The number of hydrogen-bond acceptors (Lipinski definition) is 6. The first-order valence-corrected chi connectivity index (χ1v) is 11.0. The predicted molar refractivity (Wildman–Crippen MR) is 123 cm³/mol. The number of methoxy groups -OCH3 is 4. The van der Waals surface area contributed by atoms with Gasteiger partial charge >= 0.3 is 0 Å². The van der Waals surface area contributed by atoms with Crippen molar-refractivity contribution < 1.29 is 18.9 Å². The molecule has 0 aliphatic carbocycles. The molecule has 6 nitrogen and oxygen atoms in total. The molecule has 168 valence electrons. The van der Waals surface area contributed by atoms with Crippen LogP contribution < -0.4 is 18.9 Å². The van der Waals surface area contributed by atoms with Gasteiger partial charge in [0.15, 0.2) is 23.0 Å². The molecule has 4 rings (SSSR count). The Morgan fingerprint density at radius 1 is 0.844 bits per heavy atom. The summed E-state index contributed by atoms with van der Waals surface area (Å²) in [6.07, 6.45) is 4.37. The summed E-state index contributed by atoms with van der Waals surface area (Å²) in [7, 11) is 6.55. The lowest BCUT2D eigenvalue weighted by atomic mass is 9.76. The highest BCUT2D eigenvalue weighted by Crippen LogP contribution is 2.48. The minimum absolute atomic E-state index is 0.0573. The third-order valence-electron chi connectivity index (χ3n) is 6.64. The van der Waals surface area contributed by atoms with E-state index in [0.717, 1.165) is 48.2 Å². The van der Waals surface area contributed by atoms with Gasteiger partial charge in [0.1, 0.15) is 11.8 Å². The Morgan fingerprint density at radius 2 is 1.50 bits per heavy atom. The molecule has 2 aliphatic rings. The summed E-state index contributed by atoms with van der Waals surface area (Å²) in [5, 5.41) is 10.3. The molecule has 2 heterocycles. The fourth-order valence-electron chi connectivity index (χ4n) is 5.09. The Bertz CT molecular complexity index is 1060. The third-order valence-corrected chi connectivity index (χ3v) is 6.64. The van der Waals surface area contributed by atoms with E-state index in [1.165, 1.54) is 6.42 Å². The molecule has 0 N–H and O–H groups in total. The van der Waals surface area contributed by atoms with Crippen LogP contribution in [0.1, 0.15) is 42.7 Å². The normalized spacial score (nSPS) is 20.3. The van der Waals surface area contributed by atoms with Crippen molar-refractivity contribution >= 4 is 5.57 Å². The smallest absolute Gasteiger partial charge is 0.161 e. The van der Waals surface area contributed by atoms with E-state index in [9.17, 15) is 5.26 Å². The lowest BCUT2D eigenvalue weighted by molar-refractivity contribution is 0.177. The monoisotopic (exact) mass is 434 g/mol. The van der Waals surface area contributed by atoms with Crippen LogP contribution in [0.3, 0.4) is 0 Å². The topological polar surface area (TPSA) is 64.0 Å². The first-order valence-electron chi connectivity index (χ1n) is 11.0. The zero-order chi connectivity index (χ0) is 22.7. The second-order valence-corrected chi connectivity index (χ2v) is 8.19. The van der Waals surface area contributed by atoms with Gasteiger partial charge in [-0.1, -0.05) is 12.1 Å². The van der Waals surface area contributed by atoms with E-state index in [2.05, 4.69) is 17.0 Å². The van der Waals surface area contributed by atoms with Gasteiger partial charge in [0.25, 0.3) is 0 Å². The molecule has 2 aromatic rings. The minimum atomic E-state index is 0.0573. The maximum absolute atomic E-state index is 10.3. The Kier molecular flexibility index (Phi) is 6.45. The second kappa shape index (κ2) is 9.44. The molecular formula is C26H30N2O4. The molecular weight excluding hydrogens is 404 g/mol. The van der Waals surface area contributed by atoms with Gasteiger partial charge in [-0.15, -0.1) is 0 Å². The molecule has 2 aliphatic heterocycles. The number of piperidine rings is 1. The average Bonchev–Trinajstić information content (AvgIpc) is 2.86. The molecule has 0 saturated carbocycles. The van der Waals surface area contributed by atoms with E-state index in [1.54, 1.807) is 28.4 Å². The van der Waals surface area contributed by atoms with Crippen LogP contribution in [0, 0.1) is 11.3 Å². The summed E-state index contributed by atoms with van der Waals surface area (Å²) in [5.41, 5.74) is 3.88. The molecule has 0 radical (unpaired) electrons. The van der Waals surface area contributed by atoms with Gasteiger partial charge in [-0.05, 0) is 61.1 Å². The van der Waals surface area contributed by atoms with E-state index in [-0.39, 0.29) is 5.92 Å². The summed E-state index contributed by atoms with van der Waals surface area (Å²) < 4.78 is 22.0. The van der Waals surface area contributed by atoms with Gasteiger partial charge in [0, 0.05) is 24.1 Å². The van der Waals surface area contributed by atoms with Crippen LogP contribution >= 0.6 is 0 Å². The number of allylic oxidation sites excluding steroid dienone is 2. The Hall–Kier alpha value is -3.33. The van der Waals surface area contributed by atoms with E-state index in [0.29, 0.717) is 29.0 Å². The molecule has 2 aromatic carbocycles. The lowest BCUT2D eigenvalue weighted by Gasteiger charge is -2.44. The van der Waals surface area contributed by atoms with E-state index in [4.69, 9.17) is 18.9 Å². The van der Waals surface area contributed by atoms with Crippen molar-refractivity contribution in [2.24, 2.45) is 0 Å². The predicted octanol–water partition coefficient (Wildman–Crippen LogP) is 5.00. The maximum Gasteiger partial charge on any atom is 0.161 e. The molecule has 0 spiro atoms. The van der Waals surface area contributed by atoms with Crippen molar-refractivity contribution in [1.82, 2.24) is 4.90 Å². The number of hydrogen-bond donors (Lipinski definition) is 0. The van der Waals surface area contributed by atoms with Crippen molar-refractivity contribution in [3.8, 4) is 29.1 Å². The Balaban J connectivity index is 1.90. The fourth-order valence-corrected chi connectivity index (χ4v) is 5.09. The summed E-state index contributed by atoms with van der Waals surface area (Å²) in [5.74, 6) is 2.78. The highest BCUT2D eigenvalue weighted by molar-refractivity contribution is 5.79. The van der Waals surface area contributed by atoms with E-state index < -0.39 is 0 Å². The Morgan fingerprint density at radius 3 is 2.16 bits per heavy atom. The highest BCUT2D eigenvalue weighted by Gasteiger charge is 2.38. The largest absolute Gasteiger partial charge is 0.493 e. The van der Waals surface area contributed by atoms with Gasteiger partial charge in [-0.25, -0.2) is 0 Å². The molecule has 2 unspecified atom stereocenters. The van der Waals surface area contributed by atoms with Crippen molar-refractivity contribution in [2.45, 2.75) is 37.6 Å². The van der Waals surface area contributed by atoms with Crippen molar-refractivity contribution in [3.63, 3.8) is 0 Å². The summed E-state index contributed by atoms with van der Waals surface area (Å²) in [6, 6.07) is 14.9. The molecule has 0 amide bonds. The number of nitriles is 1. The maximum atomic E-state index is 10.3. The second-order valence-electron chi connectivity index (χ2n) is 8.19. The first kappa shape index (κ1) is 21.9. The third kappa shape index (κ3) is 3.84. The minimum Gasteiger partial charge on any atom is -0.493 e. The van der Waals surface area contributed by atoms with Crippen LogP contribution in [0.25, 0.3) is 5.57 Å². The molecule has 2 atom stereocenters. The van der Waals surface area contributed by atoms with Crippen LogP contribution in [-0.4, -0.2) is 45.9 Å². The number of benzene rings is 2. The first-order chi connectivity index (χ1) is 15.6. The van der Waals surface area contributed by atoms with Crippen molar-refractivity contribution in [3.05, 3.63) is 53.2 Å². The number of ether oxygens (including phenoxy) is 4. The molecule has 1 fully saturated rings. The summed E-state index contributed by atoms with van der Waals surface area (Å²) >= 11 is 0. The molecule has 0 aromatic heterocycles. The zero-order valence-corrected chi connectivity index (χ0v) is 19.2. The molecule has 0 bridgehead atoms. The fraction of sp³-hybridized carbons (Fsp3) is 0.423. The van der Waals surface area contributed by atoms with Gasteiger partial charge in [-0.2, -0.15) is 5.26 Å². The SMILES string of the molecule is COc1ccc(C2=C(C#N)N3CCCCC3CC2c2ccc(OC)c(OC)c2)cc1OC. The van der Waals surface area contributed by atoms with E-state index in [1.807, 2.05) is 30.3 Å². The quantitative estimate of drug-likeness (QED) is 0.638. The van der Waals surface area contributed by atoms with Crippen LogP contribution in [-0.2, 0) is 0 Å².